The zero-order valence-electron chi connectivity index (χ0n) is 10.5. The quantitative estimate of drug-likeness (QED) is 0.840. The lowest BCUT2D eigenvalue weighted by molar-refractivity contribution is 0.778. The molecule has 2 aromatic rings. The van der Waals surface area contributed by atoms with Crippen molar-refractivity contribution in [3.05, 3.63) is 36.7 Å². The Hall–Kier alpha value is -0.590. The molecule has 0 saturated heterocycles. The summed E-state index contributed by atoms with van der Waals surface area (Å²) in [6, 6.07) is 0. The van der Waals surface area contributed by atoms with E-state index in [2.05, 4.69) is 50.1 Å². The highest BCUT2D eigenvalue weighted by molar-refractivity contribution is 9.10. The van der Waals surface area contributed by atoms with Crippen molar-refractivity contribution in [3.63, 3.8) is 0 Å². The maximum absolute atomic E-state index is 5.27. The largest absolute Gasteiger partial charge is 0.346 e. The normalized spacial score (nSPS) is 11.2. The summed E-state index contributed by atoms with van der Waals surface area (Å²) in [7, 11) is 0. The van der Waals surface area contributed by atoms with Gasteiger partial charge in [0.15, 0.2) is 0 Å². The molecule has 0 unspecified atom stereocenters. The molecule has 6 heteroatoms. The fourth-order valence-corrected chi connectivity index (χ4v) is 3.15. The smallest absolute Gasteiger partial charge is 0.144 e. The molecule has 3 nitrogen and oxygen atoms in total. The number of hydrogen-bond donors (Lipinski definition) is 1. The Morgan fingerprint density at radius 3 is 2.72 bits per heavy atom. The van der Waals surface area contributed by atoms with Crippen LogP contribution >= 0.6 is 39.5 Å². The maximum atomic E-state index is 5.27. The Morgan fingerprint density at radius 1 is 1.44 bits per heavy atom. The van der Waals surface area contributed by atoms with E-state index in [0.717, 1.165) is 26.7 Å². The average molecular weight is 344 g/mol. The third-order valence-corrected chi connectivity index (χ3v) is 4.72. The fourth-order valence-electron chi connectivity index (χ4n) is 1.67. The molecule has 0 fully saturated rings. The summed E-state index contributed by atoms with van der Waals surface area (Å²) in [5.74, 6) is 1.25. The van der Waals surface area contributed by atoms with E-state index in [9.17, 15) is 0 Å². The monoisotopic (exact) mass is 343 g/mol. The number of halogens is 1. The van der Waals surface area contributed by atoms with Crippen LogP contribution in [0.4, 0.5) is 0 Å². The van der Waals surface area contributed by atoms with Crippen LogP contribution in [0.5, 0.6) is 0 Å². The first-order valence-corrected chi connectivity index (χ1v) is 7.75. The van der Waals surface area contributed by atoms with E-state index in [-0.39, 0.29) is 0 Å². The first-order valence-electron chi connectivity index (χ1n) is 5.67. The van der Waals surface area contributed by atoms with Crippen molar-refractivity contribution in [2.45, 2.75) is 33.1 Å². The number of rotatable bonds is 3. The van der Waals surface area contributed by atoms with Gasteiger partial charge < -0.3 is 4.98 Å². The van der Waals surface area contributed by atoms with Crippen LogP contribution in [-0.4, -0.2) is 15.0 Å². The highest BCUT2D eigenvalue weighted by Crippen LogP contribution is 2.23. The van der Waals surface area contributed by atoms with Gasteiger partial charge in [0.2, 0.25) is 0 Å². The van der Waals surface area contributed by atoms with Gasteiger partial charge in [0.1, 0.15) is 10.5 Å². The van der Waals surface area contributed by atoms with E-state index in [0.29, 0.717) is 17.0 Å². The van der Waals surface area contributed by atoms with Crippen molar-refractivity contribution in [2.24, 2.45) is 0 Å². The van der Waals surface area contributed by atoms with Crippen LogP contribution in [0, 0.1) is 11.6 Å². The highest BCUT2D eigenvalue weighted by Gasteiger charge is 2.11. The molecule has 0 radical (unpaired) electrons. The summed E-state index contributed by atoms with van der Waals surface area (Å²) in [4.78, 5) is 12.2. The Labute approximate surface area is 124 Å². The van der Waals surface area contributed by atoms with Gasteiger partial charge in [-0.25, -0.2) is 9.97 Å². The molecule has 0 saturated carbocycles. The van der Waals surface area contributed by atoms with Gasteiger partial charge in [-0.15, -0.1) is 11.3 Å². The van der Waals surface area contributed by atoms with E-state index < -0.39 is 0 Å². The van der Waals surface area contributed by atoms with Gasteiger partial charge in [-0.2, -0.15) is 0 Å². The second-order valence-corrected chi connectivity index (χ2v) is 6.65. The Morgan fingerprint density at radius 2 is 2.17 bits per heavy atom. The van der Waals surface area contributed by atoms with E-state index in [1.54, 1.807) is 11.3 Å². The average Bonchev–Trinajstić information content (AvgIpc) is 2.68. The lowest BCUT2D eigenvalue weighted by Gasteiger charge is -2.10. The van der Waals surface area contributed by atoms with E-state index >= 15 is 0 Å². The molecule has 2 rings (SSSR count). The van der Waals surface area contributed by atoms with Gasteiger partial charge in [-0.05, 0) is 28.8 Å². The minimum absolute atomic E-state index is 0.375. The number of H-pyrrole nitrogens is 1. The van der Waals surface area contributed by atoms with Gasteiger partial charge in [-0.3, -0.25) is 0 Å². The Bertz CT molecular complexity index is 616. The van der Waals surface area contributed by atoms with Crippen LogP contribution in [-0.2, 0) is 6.42 Å². The molecule has 0 aromatic carbocycles. The number of aromatic amines is 1. The molecular weight excluding hydrogens is 330 g/mol. The maximum Gasteiger partial charge on any atom is 0.144 e. The van der Waals surface area contributed by atoms with Gasteiger partial charge in [0.05, 0.1) is 15.2 Å². The summed E-state index contributed by atoms with van der Waals surface area (Å²) in [6.45, 7) is 6.26. The molecule has 18 heavy (non-hydrogen) atoms. The lowest BCUT2D eigenvalue weighted by Crippen LogP contribution is -2.04. The summed E-state index contributed by atoms with van der Waals surface area (Å²) in [5, 5.41) is 3.13. The van der Waals surface area contributed by atoms with Crippen LogP contribution in [0.25, 0.3) is 0 Å². The molecule has 2 aromatic heterocycles. The van der Waals surface area contributed by atoms with Crippen molar-refractivity contribution in [1.29, 1.82) is 0 Å². The number of thiazole rings is 1. The molecule has 0 aliphatic heterocycles. The zero-order valence-corrected chi connectivity index (χ0v) is 13.7. The second kappa shape index (κ2) is 5.59. The first-order chi connectivity index (χ1) is 8.47. The van der Waals surface area contributed by atoms with Crippen LogP contribution in [0.15, 0.2) is 9.85 Å². The molecule has 2 heterocycles. The summed E-state index contributed by atoms with van der Waals surface area (Å²) in [5.41, 5.74) is 2.13. The fraction of sp³-hybridized carbons (Fsp3) is 0.417. The lowest BCUT2D eigenvalue weighted by atomic mass is 10.1. The predicted molar refractivity (Wildman–Crippen MR) is 80.9 cm³/mol. The summed E-state index contributed by atoms with van der Waals surface area (Å²) >= 11 is 10.4. The number of nitrogens with zero attached hydrogens (tertiary/aromatic N) is 2. The number of aryl methyl sites for hydroxylation is 1. The molecule has 0 aliphatic carbocycles. The highest BCUT2D eigenvalue weighted by atomic mass is 79.9. The van der Waals surface area contributed by atoms with E-state index in [4.69, 9.17) is 12.2 Å². The number of hydrogen-bond acceptors (Lipinski definition) is 4. The van der Waals surface area contributed by atoms with Crippen molar-refractivity contribution < 1.29 is 0 Å². The van der Waals surface area contributed by atoms with Crippen LogP contribution in [0.1, 0.15) is 42.0 Å². The Kier molecular flexibility index (Phi) is 4.29. The number of aromatic nitrogens is 3. The van der Waals surface area contributed by atoms with Gasteiger partial charge in [0.25, 0.3) is 0 Å². The second-order valence-electron chi connectivity index (χ2n) is 4.41. The molecule has 0 aliphatic rings. The molecule has 0 amide bonds. The molecule has 0 atom stereocenters. The van der Waals surface area contributed by atoms with Crippen LogP contribution in [0.2, 0.25) is 0 Å². The third kappa shape index (κ3) is 3.05. The molecule has 96 valence electrons. The SMILES string of the molecule is Cc1nc(Cc2nc(=S)c(Br)c(C(C)C)[nH]2)cs1. The van der Waals surface area contributed by atoms with E-state index in [1.165, 1.54) is 0 Å². The predicted octanol–water partition coefficient (Wildman–Crippen LogP) is 4.38. The van der Waals surface area contributed by atoms with Gasteiger partial charge in [-0.1, -0.05) is 26.1 Å². The molecule has 1 N–H and O–H groups in total. The number of nitrogens with one attached hydrogen (secondary N) is 1. The van der Waals surface area contributed by atoms with E-state index in [1.807, 2.05) is 6.92 Å². The minimum Gasteiger partial charge on any atom is -0.346 e. The standard InChI is InChI=1S/C12H14BrN3S2/c1-6(2)11-10(13)12(17)16-9(15-11)4-8-5-18-7(3)14-8/h5-6H,4H2,1-3H3,(H,15,16,17). The molecule has 0 spiro atoms. The van der Waals surface area contributed by atoms with Crippen LogP contribution in [0.3, 0.4) is 0 Å². The third-order valence-electron chi connectivity index (χ3n) is 2.53. The van der Waals surface area contributed by atoms with Crippen molar-refractivity contribution in [3.8, 4) is 0 Å². The van der Waals surface area contributed by atoms with Gasteiger partial charge >= 0.3 is 0 Å². The minimum atomic E-state index is 0.375. The summed E-state index contributed by atoms with van der Waals surface area (Å²) < 4.78 is 1.50. The zero-order chi connectivity index (χ0) is 13.3. The van der Waals surface area contributed by atoms with Gasteiger partial charge in [0, 0.05) is 17.5 Å². The first kappa shape index (κ1) is 13.8. The summed E-state index contributed by atoms with van der Waals surface area (Å²) in [6.07, 6.45) is 0.695. The topological polar surface area (TPSA) is 41.6 Å². The Balaban J connectivity index is 2.37. The van der Waals surface area contributed by atoms with Crippen molar-refractivity contribution >= 4 is 39.5 Å². The van der Waals surface area contributed by atoms with Crippen molar-refractivity contribution in [1.82, 2.24) is 15.0 Å². The molecular formula is C12H14BrN3S2. The van der Waals surface area contributed by atoms with Crippen molar-refractivity contribution in [2.75, 3.05) is 0 Å². The molecule has 0 bridgehead atoms. The van der Waals surface area contributed by atoms with Crippen LogP contribution < -0.4 is 0 Å².